The highest BCUT2D eigenvalue weighted by atomic mass is 79.9. The Bertz CT molecular complexity index is 2940. The summed E-state index contributed by atoms with van der Waals surface area (Å²) in [6, 6.07) is 28.2. The first-order chi connectivity index (χ1) is 29.8. The van der Waals surface area contributed by atoms with Crippen LogP contribution in [0.5, 0.6) is 0 Å². The Kier molecular flexibility index (Phi) is 9.86. The molecule has 0 radical (unpaired) electrons. The number of pyridine rings is 2. The number of aromatic nitrogens is 12. The molecule has 304 valence electrons. The molecule has 2 aromatic carbocycles. The molecule has 0 spiro atoms. The number of fused-ring (bicyclic) bond motifs is 2. The molecular formula is C44H39BrN14O2. The lowest BCUT2D eigenvalue weighted by molar-refractivity contribution is 0.0963. The fourth-order valence-corrected chi connectivity index (χ4v) is 7.86. The SMILES string of the molecule is Brc1cccc(-c2nncn2C2CC2)n1.Cn1ccc(-c2ccc3c(c2)CN(c2cccc(-c4nncn4C4CC4)n2)C3=O)n1.Cn1ccc(-c2ccc3c(c2)CNC3=O)n1. The van der Waals surface area contributed by atoms with E-state index >= 15 is 0 Å². The van der Waals surface area contributed by atoms with Crippen LogP contribution in [0.2, 0.25) is 0 Å². The van der Waals surface area contributed by atoms with E-state index in [1.54, 1.807) is 26.9 Å². The number of anilines is 1. The van der Waals surface area contributed by atoms with E-state index in [9.17, 15) is 9.59 Å². The molecule has 0 atom stereocenters. The van der Waals surface area contributed by atoms with Crippen LogP contribution < -0.4 is 10.2 Å². The van der Waals surface area contributed by atoms with Crippen molar-refractivity contribution in [1.29, 1.82) is 0 Å². The van der Waals surface area contributed by atoms with E-state index in [2.05, 4.69) is 66.0 Å². The average Bonchev–Trinajstić information content (AvgIpc) is 3.83. The van der Waals surface area contributed by atoms with Gasteiger partial charge in [-0.3, -0.25) is 23.9 Å². The molecule has 4 aliphatic rings. The molecular weight excluding hydrogens is 836 g/mol. The zero-order valence-electron chi connectivity index (χ0n) is 33.3. The first-order valence-corrected chi connectivity index (χ1v) is 20.8. The number of hydrogen-bond acceptors (Lipinski definition) is 10. The molecule has 6 aromatic heterocycles. The molecule has 12 rings (SSSR count). The van der Waals surface area contributed by atoms with Gasteiger partial charge in [0.1, 0.15) is 34.5 Å². The van der Waals surface area contributed by atoms with Crippen molar-refractivity contribution in [2.24, 2.45) is 14.1 Å². The molecule has 61 heavy (non-hydrogen) atoms. The van der Waals surface area contributed by atoms with Gasteiger partial charge < -0.3 is 14.5 Å². The lowest BCUT2D eigenvalue weighted by Crippen LogP contribution is -2.24. The van der Waals surface area contributed by atoms with Gasteiger partial charge in [0.2, 0.25) is 0 Å². The van der Waals surface area contributed by atoms with Crippen molar-refractivity contribution in [2.75, 3.05) is 4.90 Å². The normalized spacial score (nSPS) is 15.1. The van der Waals surface area contributed by atoms with Gasteiger partial charge in [-0.05, 0) is 113 Å². The van der Waals surface area contributed by atoms with Crippen molar-refractivity contribution in [3.8, 4) is 45.6 Å². The molecule has 2 fully saturated rings. The number of halogens is 1. The summed E-state index contributed by atoms with van der Waals surface area (Å²) in [6.45, 7) is 1.11. The highest BCUT2D eigenvalue weighted by Crippen LogP contribution is 2.39. The van der Waals surface area contributed by atoms with Crippen LogP contribution in [0.4, 0.5) is 5.82 Å². The number of carbonyl (C=O) groups is 2. The Morgan fingerprint density at radius 1 is 0.639 bits per heavy atom. The molecule has 2 aliphatic carbocycles. The standard InChI is InChI=1S/C22H19N7O.C12H11N3O.C10H9BrN4/c1-27-10-9-18(26-27)14-5-8-17-15(11-14)12-28(22(17)30)20-4-2-3-19(24-20)21-25-23-13-29(21)16-6-7-16;1-15-5-4-11(14-15)8-2-3-10-9(6-8)7-13-12(10)16;11-9-3-1-2-8(13-9)10-14-12-6-15(10)7-4-5-7/h2-5,8-11,13,16H,6-7,12H2,1H3;2-6H,7H2,1H3,(H,13,16);1-3,6-7H,4-5H2. The Balaban J connectivity index is 0.000000121. The molecule has 2 aliphatic heterocycles. The maximum absolute atomic E-state index is 13.1. The van der Waals surface area contributed by atoms with Crippen molar-refractivity contribution in [2.45, 2.75) is 50.9 Å². The van der Waals surface area contributed by atoms with Gasteiger partial charge in [0, 0.05) is 67.4 Å². The summed E-state index contributed by atoms with van der Waals surface area (Å²) in [6.07, 6.45) is 12.1. The van der Waals surface area contributed by atoms with Crippen LogP contribution in [0.1, 0.15) is 69.6 Å². The molecule has 1 N–H and O–H groups in total. The Hall–Kier alpha value is -7.14. The molecule has 2 saturated carbocycles. The van der Waals surface area contributed by atoms with Gasteiger partial charge in [0.25, 0.3) is 11.8 Å². The second-order valence-corrected chi connectivity index (χ2v) is 16.2. The Labute approximate surface area is 358 Å². The highest BCUT2D eigenvalue weighted by Gasteiger charge is 2.31. The van der Waals surface area contributed by atoms with E-state index in [-0.39, 0.29) is 11.8 Å². The van der Waals surface area contributed by atoms with Gasteiger partial charge >= 0.3 is 0 Å². The van der Waals surface area contributed by atoms with Gasteiger partial charge in [-0.1, -0.05) is 24.3 Å². The van der Waals surface area contributed by atoms with Crippen LogP contribution in [0.25, 0.3) is 45.6 Å². The van der Waals surface area contributed by atoms with Crippen LogP contribution in [-0.4, -0.2) is 70.9 Å². The molecule has 0 saturated heterocycles. The van der Waals surface area contributed by atoms with E-state index in [4.69, 9.17) is 4.98 Å². The van der Waals surface area contributed by atoms with E-state index in [1.807, 2.05) is 111 Å². The first kappa shape index (κ1) is 38.1. The fraction of sp³-hybridized carbons (Fsp3) is 0.227. The van der Waals surface area contributed by atoms with Crippen molar-refractivity contribution < 1.29 is 9.59 Å². The molecule has 17 heteroatoms. The van der Waals surface area contributed by atoms with Crippen molar-refractivity contribution >= 4 is 33.6 Å². The summed E-state index contributed by atoms with van der Waals surface area (Å²) < 4.78 is 8.55. The lowest BCUT2D eigenvalue weighted by atomic mass is 10.0. The van der Waals surface area contributed by atoms with E-state index in [0.29, 0.717) is 36.6 Å². The molecule has 0 bridgehead atoms. The Morgan fingerprint density at radius 3 is 1.79 bits per heavy atom. The van der Waals surface area contributed by atoms with Crippen LogP contribution in [0.15, 0.2) is 115 Å². The topological polar surface area (TPSA) is 172 Å². The molecule has 2 amide bonds. The van der Waals surface area contributed by atoms with Crippen molar-refractivity contribution in [3.63, 3.8) is 0 Å². The largest absolute Gasteiger partial charge is 0.348 e. The zero-order chi connectivity index (χ0) is 41.6. The number of aryl methyl sites for hydroxylation is 2. The van der Waals surface area contributed by atoms with Crippen molar-refractivity contribution in [3.05, 3.63) is 137 Å². The summed E-state index contributed by atoms with van der Waals surface area (Å²) in [5.74, 6) is 2.21. The summed E-state index contributed by atoms with van der Waals surface area (Å²) in [5, 5.41) is 28.0. The van der Waals surface area contributed by atoms with E-state index in [1.165, 1.54) is 12.8 Å². The second-order valence-electron chi connectivity index (χ2n) is 15.4. The number of nitrogens with one attached hydrogen (secondary N) is 1. The lowest BCUT2D eigenvalue weighted by Gasteiger charge is -2.15. The molecule has 16 nitrogen and oxygen atoms in total. The van der Waals surface area contributed by atoms with E-state index in [0.717, 1.165) is 79.7 Å². The molecule has 0 unspecified atom stereocenters. The van der Waals surface area contributed by atoms with Crippen molar-refractivity contribution in [1.82, 2.24) is 64.4 Å². The number of carbonyl (C=O) groups excluding carboxylic acids is 2. The fourth-order valence-electron chi connectivity index (χ4n) is 7.52. The van der Waals surface area contributed by atoms with Gasteiger partial charge in [0.15, 0.2) is 11.6 Å². The van der Waals surface area contributed by atoms with Crippen LogP contribution in [0, 0.1) is 0 Å². The first-order valence-electron chi connectivity index (χ1n) is 20.0. The van der Waals surface area contributed by atoms with E-state index < -0.39 is 0 Å². The second kappa shape index (κ2) is 15.8. The maximum atomic E-state index is 13.1. The monoisotopic (exact) mass is 874 g/mol. The minimum absolute atomic E-state index is 0.0163. The predicted molar refractivity (Wildman–Crippen MR) is 230 cm³/mol. The van der Waals surface area contributed by atoms with Gasteiger partial charge in [-0.25, -0.2) is 9.97 Å². The van der Waals surface area contributed by atoms with Gasteiger partial charge in [-0.2, -0.15) is 10.2 Å². The minimum atomic E-state index is -0.0362. The minimum Gasteiger partial charge on any atom is -0.348 e. The summed E-state index contributed by atoms with van der Waals surface area (Å²) >= 11 is 3.36. The molecule has 8 aromatic rings. The number of nitrogens with zero attached hydrogens (tertiary/aromatic N) is 13. The predicted octanol–water partition coefficient (Wildman–Crippen LogP) is 7.00. The Morgan fingerprint density at radius 2 is 1.21 bits per heavy atom. The smallest absolute Gasteiger partial charge is 0.260 e. The zero-order valence-corrected chi connectivity index (χ0v) is 34.9. The third kappa shape index (κ3) is 7.86. The number of rotatable bonds is 7. The third-order valence-electron chi connectivity index (χ3n) is 10.9. The highest BCUT2D eigenvalue weighted by molar-refractivity contribution is 9.10. The summed E-state index contributed by atoms with van der Waals surface area (Å²) in [5.41, 5.74) is 9.01. The third-order valence-corrected chi connectivity index (χ3v) is 11.4. The van der Waals surface area contributed by atoms with Gasteiger partial charge in [0.05, 0.1) is 17.9 Å². The summed E-state index contributed by atoms with van der Waals surface area (Å²) in [7, 11) is 3.78. The molecule has 8 heterocycles. The summed E-state index contributed by atoms with van der Waals surface area (Å²) in [4.78, 5) is 35.3. The van der Waals surface area contributed by atoms with Crippen LogP contribution >= 0.6 is 15.9 Å². The number of benzene rings is 2. The quantitative estimate of drug-likeness (QED) is 0.164. The van der Waals surface area contributed by atoms with Crippen LogP contribution in [0.3, 0.4) is 0 Å². The number of hydrogen-bond donors (Lipinski definition) is 1. The van der Waals surface area contributed by atoms with Gasteiger partial charge in [-0.15, -0.1) is 20.4 Å². The maximum Gasteiger partial charge on any atom is 0.260 e. The number of amides is 2. The van der Waals surface area contributed by atoms with Crippen LogP contribution in [-0.2, 0) is 27.2 Å². The average molecular weight is 876 g/mol.